The number of hydrogen-bond acceptors (Lipinski definition) is 5. The first-order valence-electron chi connectivity index (χ1n) is 10.1. The molecule has 1 N–H and O–H groups in total. The number of ether oxygens (including phenoxy) is 1. The van der Waals surface area contributed by atoms with E-state index in [0.717, 1.165) is 5.56 Å². The van der Waals surface area contributed by atoms with Crippen LogP contribution in [0.5, 0.6) is 5.75 Å². The average Bonchev–Trinajstić information content (AvgIpc) is 2.81. The molecule has 0 spiro atoms. The van der Waals surface area contributed by atoms with Gasteiger partial charge >= 0.3 is 0 Å². The Kier molecular flexibility index (Phi) is 6.25. The minimum Gasteiger partial charge on any atom is -0.483 e. The Bertz CT molecular complexity index is 1180. The van der Waals surface area contributed by atoms with Gasteiger partial charge in [-0.3, -0.25) is 19.4 Å². The number of hydrogen-bond donors (Lipinski definition) is 1. The third kappa shape index (κ3) is 4.83. The summed E-state index contributed by atoms with van der Waals surface area (Å²) >= 11 is 0. The zero-order chi connectivity index (χ0) is 22.5. The highest BCUT2D eigenvalue weighted by atomic mass is 19.1. The summed E-state index contributed by atoms with van der Waals surface area (Å²) in [6, 6.07) is 10.3. The van der Waals surface area contributed by atoms with Crippen molar-refractivity contribution >= 4 is 11.8 Å². The molecule has 3 aromatic rings. The van der Waals surface area contributed by atoms with E-state index in [1.54, 1.807) is 33.7 Å². The van der Waals surface area contributed by atoms with Gasteiger partial charge in [-0.25, -0.2) is 4.39 Å². The number of carbonyl (C=O) groups excluding carboxylic acids is 2. The molecule has 2 amide bonds. The molecule has 1 aliphatic heterocycles. The number of nitrogens with one attached hydrogen (secondary N) is 1. The van der Waals surface area contributed by atoms with Crippen molar-refractivity contribution in [2.75, 3.05) is 19.6 Å². The van der Waals surface area contributed by atoms with Crippen LogP contribution < -0.4 is 15.5 Å². The summed E-state index contributed by atoms with van der Waals surface area (Å²) in [5.74, 6) is -0.737. The van der Waals surface area contributed by atoms with Gasteiger partial charge in [0.2, 0.25) is 5.43 Å². The van der Waals surface area contributed by atoms with Crippen molar-refractivity contribution in [1.29, 1.82) is 0 Å². The summed E-state index contributed by atoms with van der Waals surface area (Å²) in [4.78, 5) is 42.8. The minimum atomic E-state index is -0.403. The number of rotatable bonds is 7. The van der Waals surface area contributed by atoms with Gasteiger partial charge in [-0.05, 0) is 29.8 Å². The number of aromatic nitrogens is 2. The molecule has 1 aliphatic rings. The van der Waals surface area contributed by atoms with Gasteiger partial charge in [0.1, 0.15) is 18.1 Å². The third-order valence-corrected chi connectivity index (χ3v) is 5.13. The zero-order valence-corrected chi connectivity index (χ0v) is 17.2. The Morgan fingerprint density at radius 3 is 2.59 bits per heavy atom. The van der Waals surface area contributed by atoms with Crippen LogP contribution in [-0.4, -0.2) is 45.9 Å². The van der Waals surface area contributed by atoms with Crippen LogP contribution in [0.2, 0.25) is 0 Å². The molecule has 0 unspecified atom stereocenters. The molecule has 0 saturated carbocycles. The lowest BCUT2D eigenvalue weighted by Gasteiger charge is -2.30. The lowest BCUT2D eigenvalue weighted by Crippen LogP contribution is -2.45. The quantitative estimate of drug-likeness (QED) is 0.610. The lowest BCUT2D eigenvalue weighted by molar-refractivity contribution is 0.0696. The van der Waals surface area contributed by atoms with Crippen molar-refractivity contribution in [3.8, 4) is 5.75 Å². The lowest BCUT2D eigenvalue weighted by atomic mass is 10.2. The number of halogens is 1. The molecule has 4 rings (SSSR count). The third-order valence-electron chi connectivity index (χ3n) is 5.13. The van der Waals surface area contributed by atoms with Crippen LogP contribution in [0.15, 0.2) is 65.8 Å². The maximum atomic E-state index is 13.0. The highest BCUT2D eigenvalue weighted by molar-refractivity contribution is 5.94. The first kappa shape index (κ1) is 21.2. The van der Waals surface area contributed by atoms with Gasteiger partial charge in [-0.15, -0.1) is 0 Å². The molecule has 164 valence electrons. The molecule has 0 aliphatic carbocycles. The normalized spacial score (nSPS) is 12.9. The molecule has 0 atom stereocenters. The summed E-state index contributed by atoms with van der Waals surface area (Å²) in [6.07, 6.45) is 4.60. The molecular weight excluding hydrogens is 415 g/mol. The van der Waals surface area contributed by atoms with E-state index in [2.05, 4.69) is 10.3 Å². The molecule has 8 nitrogen and oxygen atoms in total. The summed E-state index contributed by atoms with van der Waals surface area (Å²) in [6.45, 7) is 1.67. The topological polar surface area (TPSA) is 93.5 Å². The summed E-state index contributed by atoms with van der Waals surface area (Å²) < 4.78 is 20.3. The molecule has 0 bridgehead atoms. The van der Waals surface area contributed by atoms with E-state index in [1.807, 2.05) is 0 Å². The zero-order valence-electron chi connectivity index (χ0n) is 17.2. The summed E-state index contributed by atoms with van der Waals surface area (Å²) in [5.41, 5.74) is 1.09. The van der Waals surface area contributed by atoms with Crippen molar-refractivity contribution in [3.05, 3.63) is 93.9 Å². The van der Waals surface area contributed by atoms with E-state index >= 15 is 0 Å². The van der Waals surface area contributed by atoms with Gasteiger partial charge in [-0.2, -0.15) is 0 Å². The number of amides is 2. The molecule has 2 aromatic heterocycles. The Hall–Kier alpha value is -4.01. The standard InChI is InChI=1S/C23H21FN4O4/c24-18-3-1-16(2-4-18)15-32-21-14-28-12-11-27(23(31)19(28)13-20(21)29)10-9-26-22(30)17-5-7-25-8-6-17/h1-8,13-14H,9-12,15H2,(H,26,30). The molecule has 1 aromatic carbocycles. The molecular formula is C23H21FN4O4. The maximum Gasteiger partial charge on any atom is 0.270 e. The Labute approximate surface area is 183 Å². The highest BCUT2D eigenvalue weighted by Gasteiger charge is 2.25. The Morgan fingerprint density at radius 1 is 1.09 bits per heavy atom. The summed E-state index contributed by atoms with van der Waals surface area (Å²) in [7, 11) is 0. The molecule has 0 saturated heterocycles. The average molecular weight is 436 g/mol. The van der Waals surface area contributed by atoms with Crippen LogP contribution in [0.1, 0.15) is 26.4 Å². The molecule has 9 heteroatoms. The van der Waals surface area contributed by atoms with Crippen LogP contribution in [0.4, 0.5) is 4.39 Å². The van der Waals surface area contributed by atoms with Crippen LogP contribution in [0, 0.1) is 5.82 Å². The van der Waals surface area contributed by atoms with Gasteiger partial charge in [0, 0.05) is 50.2 Å². The van der Waals surface area contributed by atoms with Crippen LogP contribution in [0.3, 0.4) is 0 Å². The first-order chi connectivity index (χ1) is 15.5. The Morgan fingerprint density at radius 2 is 1.84 bits per heavy atom. The fourth-order valence-electron chi connectivity index (χ4n) is 3.39. The number of carbonyl (C=O) groups is 2. The smallest absolute Gasteiger partial charge is 0.270 e. The van der Waals surface area contributed by atoms with Crippen molar-refractivity contribution in [2.24, 2.45) is 0 Å². The van der Waals surface area contributed by atoms with Gasteiger partial charge in [-0.1, -0.05) is 12.1 Å². The van der Waals surface area contributed by atoms with Gasteiger partial charge < -0.3 is 19.5 Å². The van der Waals surface area contributed by atoms with Crippen molar-refractivity contribution in [2.45, 2.75) is 13.2 Å². The van der Waals surface area contributed by atoms with Gasteiger partial charge in [0.05, 0.1) is 6.20 Å². The maximum absolute atomic E-state index is 13.0. The van der Waals surface area contributed by atoms with E-state index in [1.165, 1.54) is 36.8 Å². The monoisotopic (exact) mass is 436 g/mol. The number of fused-ring (bicyclic) bond motifs is 1. The van der Waals surface area contributed by atoms with E-state index < -0.39 is 5.43 Å². The number of nitrogens with zero attached hydrogens (tertiary/aromatic N) is 3. The predicted octanol–water partition coefficient (Wildman–Crippen LogP) is 1.85. The van der Waals surface area contributed by atoms with E-state index in [4.69, 9.17) is 4.74 Å². The summed E-state index contributed by atoms with van der Waals surface area (Å²) in [5, 5.41) is 2.77. The largest absolute Gasteiger partial charge is 0.483 e. The Balaban J connectivity index is 1.36. The molecule has 0 fully saturated rings. The van der Waals surface area contributed by atoms with E-state index in [0.29, 0.717) is 25.2 Å². The number of pyridine rings is 2. The van der Waals surface area contributed by atoms with Gasteiger partial charge in [0.15, 0.2) is 5.75 Å². The van der Waals surface area contributed by atoms with Crippen LogP contribution in [0.25, 0.3) is 0 Å². The second-order valence-electron chi connectivity index (χ2n) is 7.28. The molecule has 0 radical (unpaired) electrons. The van der Waals surface area contributed by atoms with Crippen molar-refractivity contribution in [1.82, 2.24) is 19.8 Å². The van der Waals surface area contributed by atoms with Gasteiger partial charge in [0.25, 0.3) is 11.8 Å². The fraction of sp³-hybridized carbons (Fsp3) is 0.217. The van der Waals surface area contributed by atoms with E-state index in [9.17, 15) is 18.8 Å². The predicted molar refractivity (Wildman–Crippen MR) is 114 cm³/mol. The van der Waals surface area contributed by atoms with Crippen LogP contribution in [-0.2, 0) is 13.2 Å². The second-order valence-corrected chi connectivity index (χ2v) is 7.28. The molecule has 32 heavy (non-hydrogen) atoms. The molecule has 3 heterocycles. The second kappa shape index (κ2) is 9.42. The SMILES string of the molecule is O=C(NCCN1CCn2cc(OCc3ccc(F)cc3)c(=O)cc2C1=O)c1ccncc1. The van der Waals surface area contributed by atoms with Crippen molar-refractivity contribution < 1.29 is 18.7 Å². The van der Waals surface area contributed by atoms with Crippen molar-refractivity contribution in [3.63, 3.8) is 0 Å². The minimum absolute atomic E-state index is 0.117. The first-order valence-corrected chi connectivity index (χ1v) is 10.1. The highest BCUT2D eigenvalue weighted by Crippen LogP contribution is 2.15. The van der Waals surface area contributed by atoms with E-state index in [-0.39, 0.29) is 42.2 Å². The fourth-order valence-corrected chi connectivity index (χ4v) is 3.39. The number of benzene rings is 1. The van der Waals surface area contributed by atoms with Crippen LogP contribution >= 0.6 is 0 Å².